The van der Waals surface area contributed by atoms with Crippen LogP contribution in [-0.2, 0) is 19.1 Å². The van der Waals surface area contributed by atoms with Crippen molar-refractivity contribution in [1.82, 2.24) is 0 Å². The lowest BCUT2D eigenvalue weighted by atomic mass is 9.91. The average Bonchev–Trinajstić information content (AvgIpc) is 2.15. The molecule has 2 N–H and O–H groups in total. The fraction of sp³-hybridized carbons (Fsp3) is 0.750. The average molecular weight is 256 g/mol. The predicted molar refractivity (Wildman–Crippen MR) is 63.9 cm³/mol. The van der Waals surface area contributed by atoms with Crippen LogP contribution in [0.4, 0.5) is 0 Å². The summed E-state index contributed by atoms with van der Waals surface area (Å²) in [6, 6.07) is 0. The van der Waals surface area contributed by atoms with Crippen LogP contribution >= 0.6 is 0 Å². The Morgan fingerprint density at radius 2 is 1.89 bits per heavy atom. The minimum atomic E-state index is -1.12. The van der Waals surface area contributed by atoms with Gasteiger partial charge in [-0.15, -0.1) is 5.26 Å². The van der Waals surface area contributed by atoms with Crippen molar-refractivity contribution in [2.45, 2.75) is 39.7 Å². The van der Waals surface area contributed by atoms with Gasteiger partial charge >= 0.3 is 11.9 Å². The molecule has 2 atom stereocenters. The third-order valence-electron chi connectivity index (χ3n) is 2.25. The summed E-state index contributed by atoms with van der Waals surface area (Å²) in [5.74, 6) is -3.05. The van der Waals surface area contributed by atoms with Gasteiger partial charge in [0.15, 0.2) is 5.92 Å². The molecule has 0 amide bonds. The molecular weight excluding hydrogens is 236 g/mol. The molecule has 0 spiro atoms. The quantitative estimate of drug-likeness (QED) is 0.446. The van der Waals surface area contributed by atoms with E-state index in [9.17, 15) is 9.59 Å². The van der Waals surface area contributed by atoms with E-state index in [4.69, 9.17) is 15.7 Å². The molecule has 0 aliphatic heterocycles. The van der Waals surface area contributed by atoms with Gasteiger partial charge in [-0.2, -0.15) is 0 Å². The van der Waals surface area contributed by atoms with Crippen LogP contribution in [0.3, 0.4) is 0 Å². The second kappa shape index (κ2) is 6.97. The lowest BCUT2D eigenvalue weighted by molar-refractivity contribution is -0.169. The van der Waals surface area contributed by atoms with Crippen LogP contribution in [0.5, 0.6) is 0 Å². The van der Waals surface area contributed by atoms with E-state index in [2.05, 4.69) is 4.74 Å². The highest BCUT2D eigenvalue weighted by atomic mass is 16.6. The highest BCUT2D eigenvalue weighted by Crippen LogP contribution is 2.21. The first-order chi connectivity index (χ1) is 8.22. The molecule has 0 bridgehead atoms. The highest BCUT2D eigenvalue weighted by molar-refractivity contribution is 5.95. The second-order valence-corrected chi connectivity index (χ2v) is 5.08. The highest BCUT2D eigenvalue weighted by Gasteiger charge is 2.37. The Hall–Kier alpha value is -1.61. The summed E-state index contributed by atoms with van der Waals surface area (Å²) >= 11 is 0. The first-order valence-electron chi connectivity index (χ1n) is 5.75. The van der Waals surface area contributed by atoms with Crippen LogP contribution in [-0.4, -0.2) is 24.1 Å². The number of carbonyl (C=O) groups excluding carboxylic acids is 2. The lowest BCUT2D eigenvalue weighted by Gasteiger charge is -2.25. The van der Waals surface area contributed by atoms with Crippen molar-refractivity contribution >= 4 is 11.9 Å². The summed E-state index contributed by atoms with van der Waals surface area (Å²) in [4.78, 5) is 23.5. The molecule has 0 aromatic carbocycles. The zero-order valence-electron chi connectivity index (χ0n) is 11.2. The van der Waals surface area contributed by atoms with E-state index in [-0.39, 0.29) is 5.92 Å². The fourth-order valence-electron chi connectivity index (χ4n) is 1.46. The van der Waals surface area contributed by atoms with Gasteiger partial charge in [-0.1, -0.05) is 6.92 Å². The van der Waals surface area contributed by atoms with Crippen molar-refractivity contribution in [3.8, 4) is 6.26 Å². The van der Waals surface area contributed by atoms with Gasteiger partial charge in [-0.05, 0) is 39.7 Å². The van der Waals surface area contributed by atoms with Crippen LogP contribution < -0.4 is 5.73 Å². The third-order valence-corrected chi connectivity index (χ3v) is 2.25. The molecule has 0 heterocycles. The molecule has 0 saturated carbocycles. The van der Waals surface area contributed by atoms with E-state index in [1.165, 1.54) is 6.26 Å². The Morgan fingerprint density at radius 3 is 2.28 bits per heavy atom. The molecular formula is C12H20N2O4. The molecule has 0 aliphatic carbocycles. The van der Waals surface area contributed by atoms with Gasteiger partial charge < -0.3 is 15.2 Å². The third kappa shape index (κ3) is 5.64. The smallest absolute Gasteiger partial charge is 0.336 e. The zero-order valence-corrected chi connectivity index (χ0v) is 11.2. The number of nitrogens with zero attached hydrogens (tertiary/aromatic N) is 1. The predicted octanol–water partition coefficient (Wildman–Crippen LogP) is 0.953. The maximum Gasteiger partial charge on any atom is 0.336 e. The second-order valence-electron chi connectivity index (χ2n) is 5.08. The molecule has 0 aliphatic rings. The van der Waals surface area contributed by atoms with Crippen molar-refractivity contribution in [2.75, 3.05) is 6.54 Å². The minimum absolute atomic E-state index is 0.334. The Morgan fingerprint density at radius 1 is 1.33 bits per heavy atom. The van der Waals surface area contributed by atoms with Gasteiger partial charge in [-0.3, -0.25) is 4.79 Å². The zero-order chi connectivity index (χ0) is 14.3. The van der Waals surface area contributed by atoms with Crippen LogP contribution in [0.15, 0.2) is 0 Å². The van der Waals surface area contributed by atoms with Crippen LogP contribution in [0, 0.1) is 23.4 Å². The summed E-state index contributed by atoms with van der Waals surface area (Å²) < 4.78 is 9.38. The van der Waals surface area contributed by atoms with E-state index in [1.54, 1.807) is 27.7 Å². The van der Waals surface area contributed by atoms with Gasteiger partial charge in [0.05, 0.1) is 0 Å². The van der Waals surface area contributed by atoms with Gasteiger partial charge in [0, 0.05) is 0 Å². The van der Waals surface area contributed by atoms with E-state index in [0.29, 0.717) is 13.0 Å². The van der Waals surface area contributed by atoms with Crippen molar-refractivity contribution in [3.63, 3.8) is 0 Å². The Bertz CT molecular complexity index is 341. The summed E-state index contributed by atoms with van der Waals surface area (Å²) in [6.07, 6.45) is 1.74. The number of hydrogen-bond donors (Lipinski definition) is 1. The Balaban J connectivity index is 4.92. The normalized spacial score (nSPS) is 14.2. The number of nitrogens with two attached hydrogens (primary N) is 1. The van der Waals surface area contributed by atoms with E-state index < -0.39 is 23.5 Å². The number of rotatable bonds is 5. The molecule has 6 heteroatoms. The molecule has 6 nitrogen and oxygen atoms in total. The van der Waals surface area contributed by atoms with Crippen LogP contribution in [0.1, 0.15) is 34.1 Å². The van der Waals surface area contributed by atoms with Crippen molar-refractivity contribution in [3.05, 3.63) is 0 Å². The molecule has 0 saturated heterocycles. The van der Waals surface area contributed by atoms with Crippen LogP contribution in [0.2, 0.25) is 0 Å². The first kappa shape index (κ1) is 16.4. The summed E-state index contributed by atoms with van der Waals surface area (Å²) in [6.45, 7) is 7.13. The van der Waals surface area contributed by atoms with E-state index in [1.807, 2.05) is 0 Å². The maximum atomic E-state index is 11.9. The SMILES string of the molecule is CC(CCN)C(C(=O)OC#N)C(=O)OC(C)(C)C. The van der Waals surface area contributed by atoms with E-state index >= 15 is 0 Å². The van der Waals surface area contributed by atoms with Gasteiger partial charge in [0.1, 0.15) is 5.60 Å². The maximum absolute atomic E-state index is 11.9. The fourth-order valence-corrected chi connectivity index (χ4v) is 1.46. The topological polar surface area (TPSA) is 102 Å². The van der Waals surface area contributed by atoms with Gasteiger partial charge in [0.2, 0.25) is 0 Å². The monoisotopic (exact) mass is 256 g/mol. The molecule has 0 aromatic rings. The first-order valence-corrected chi connectivity index (χ1v) is 5.75. The number of hydrogen-bond acceptors (Lipinski definition) is 6. The number of esters is 2. The molecule has 0 fully saturated rings. The molecule has 0 aromatic heterocycles. The molecule has 0 radical (unpaired) electrons. The van der Waals surface area contributed by atoms with Crippen LogP contribution in [0.25, 0.3) is 0 Å². The standard InChI is InChI=1S/C12H20N2O4/c1-8(5-6-13)9(10(15)17-7-14)11(16)18-12(2,3)4/h8-9H,5-6,13H2,1-4H3. The van der Waals surface area contributed by atoms with Gasteiger partial charge in [-0.25, -0.2) is 4.79 Å². The van der Waals surface area contributed by atoms with E-state index in [0.717, 1.165) is 0 Å². The molecule has 102 valence electrons. The summed E-state index contributed by atoms with van der Waals surface area (Å²) in [5.41, 5.74) is 4.70. The molecule has 0 rings (SSSR count). The Kier molecular flexibility index (Phi) is 6.34. The van der Waals surface area contributed by atoms with Crippen molar-refractivity contribution < 1.29 is 19.1 Å². The largest absolute Gasteiger partial charge is 0.459 e. The molecule has 2 unspecified atom stereocenters. The number of carbonyl (C=O) groups is 2. The van der Waals surface area contributed by atoms with Crippen molar-refractivity contribution in [1.29, 1.82) is 5.26 Å². The lowest BCUT2D eigenvalue weighted by Crippen LogP contribution is -2.37. The summed E-state index contributed by atoms with van der Waals surface area (Å²) in [7, 11) is 0. The minimum Gasteiger partial charge on any atom is -0.459 e. The summed E-state index contributed by atoms with van der Waals surface area (Å²) in [5, 5.41) is 8.34. The van der Waals surface area contributed by atoms with Crippen molar-refractivity contribution in [2.24, 2.45) is 17.6 Å². The van der Waals surface area contributed by atoms with Gasteiger partial charge in [0.25, 0.3) is 6.26 Å². The Labute approximate surface area is 107 Å². The number of ether oxygens (including phenoxy) is 2. The number of nitriles is 1. The molecule has 18 heavy (non-hydrogen) atoms.